The summed E-state index contributed by atoms with van der Waals surface area (Å²) in [6, 6.07) is 5.73. The molecule has 1 aromatic carbocycles. The van der Waals surface area contributed by atoms with E-state index in [0.29, 0.717) is 18.5 Å². The van der Waals surface area contributed by atoms with Gasteiger partial charge < -0.3 is 14.7 Å². The molecule has 1 saturated heterocycles. The van der Waals surface area contributed by atoms with Crippen LogP contribution in [0.1, 0.15) is 49.5 Å². The number of carboxylic acid groups (broad SMARTS) is 1. The molecule has 24 heavy (non-hydrogen) atoms. The third kappa shape index (κ3) is 4.57. The van der Waals surface area contributed by atoms with Gasteiger partial charge in [0, 0.05) is 6.54 Å². The van der Waals surface area contributed by atoms with Crippen LogP contribution in [-0.2, 0) is 20.7 Å². The first-order chi connectivity index (χ1) is 11.2. The molecule has 1 amide bonds. The van der Waals surface area contributed by atoms with Crippen molar-refractivity contribution < 1.29 is 24.2 Å². The van der Waals surface area contributed by atoms with Crippen LogP contribution in [0.3, 0.4) is 0 Å². The highest BCUT2D eigenvalue weighted by atomic mass is 16.6. The van der Waals surface area contributed by atoms with Gasteiger partial charge in [-0.2, -0.15) is 0 Å². The number of carbonyl (C=O) groups excluding carboxylic acids is 2. The third-order valence-corrected chi connectivity index (χ3v) is 3.78. The van der Waals surface area contributed by atoms with Crippen LogP contribution in [0, 0.1) is 0 Å². The molecule has 0 aliphatic carbocycles. The number of carbonyl (C=O) groups is 3. The van der Waals surface area contributed by atoms with Crippen molar-refractivity contribution in [2.24, 2.45) is 0 Å². The average Bonchev–Trinajstić information content (AvgIpc) is 2.95. The number of hydrogen-bond acceptors (Lipinski definition) is 4. The van der Waals surface area contributed by atoms with Gasteiger partial charge in [0.25, 0.3) is 0 Å². The van der Waals surface area contributed by atoms with E-state index >= 15 is 0 Å². The first-order valence-electron chi connectivity index (χ1n) is 8.02. The zero-order valence-electron chi connectivity index (χ0n) is 14.2. The molecule has 0 bridgehead atoms. The first-order valence-corrected chi connectivity index (χ1v) is 8.02. The number of aromatic carboxylic acids is 1. The molecule has 6 heteroatoms. The van der Waals surface area contributed by atoms with Crippen molar-refractivity contribution in [3.05, 3.63) is 35.4 Å². The average molecular weight is 333 g/mol. The van der Waals surface area contributed by atoms with E-state index in [1.807, 2.05) is 0 Å². The molecular formula is C18H23NO5. The quantitative estimate of drug-likeness (QED) is 0.855. The van der Waals surface area contributed by atoms with Crippen molar-refractivity contribution in [3.8, 4) is 0 Å². The largest absolute Gasteiger partial charge is 0.478 e. The molecule has 1 atom stereocenters. The van der Waals surface area contributed by atoms with Gasteiger partial charge in [0.1, 0.15) is 11.6 Å². The topological polar surface area (TPSA) is 83.9 Å². The van der Waals surface area contributed by atoms with E-state index < -0.39 is 17.6 Å². The highest BCUT2D eigenvalue weighted by Gasteiger charge is 2.36. The lowest BCUT2D eigenvalue weighted by Crippen LogP contribution is -2.44. The summed E-state index contributed by atoms with van der Waals surface area (Å²) in [5.41, 5.74) is 0.171. The molecule has 130 valence electrons. The summed E-state index contributed by atoms with van der Waals surface area (Å²) in [6.07, 6.45) is 1.42. The molecule has 0 saturated carbocycles. The van der Waals surface area contributed by atoms with E-state index in [1.54, 1.807) is 37.8 Å². The molecule has 1 N–H and O–H groups in total. The van der Waals surface area contributed by atoms with Crippen LogP contribution in [0.5, 0.6) is 0 Å². The fourth-order valence-corrected chi connectivity index (χ4v) is 2.77. The zero-order chi connectivity index (χ0) is 17.9. The van der Waals surface area contributed by atoms with Gasteiger partial charge in [0.15, 0.2) is 0 Å². The maximum Gasteiger partial charge on any atom is 0.335 e. The van der Waals surface area contributed by atoms with Crippen molar-refractivity contribution in [2.75, 3.05) is 6.54 Å². The second-order valence-electron chi connectivity index (χ2n) is 6.96. The summed E-state index contributed by atoms with van der Waals surface area (Å²) >= 11 is 0. The number of amides is 1. The van der Waals surface area contributed by atoms with E-state index in [1.165, 1.54) is 12.1 Å². The number of ether oxygens (including phenoxy) is 1. The van der Waals surface area contributed by atoms with Crippen LogP contribution in [0.4, 0.5) is 0 Å². The summed E-state index contributed by atoms with van der Waals surface area (Å²) in [4.78, 5) is 37.4. The van der Waals surface area contributed by atoms with Crippen LogP contribution >= 0.6 is 0 Å². The fourth-order valence-electron chi connectivity index (χ4n) is 2.77. The van der Waals surface area contributed by atoms with Crippen LogP contribution in [-0.4, -0.2) is 46.0 Å². The normalized spacial score (nSPS) is 17.6. The van der Waals surface area contributed by atoms with Gasteiger partial charge in [0.05, 0.1) is 12.0 Å². The van der Waals surface area contributed by atoms with Crippen molar-refractivity contribution in [1.29, 1.82) is 0 Å². The smallest absolute Gasteiger partial charge is 0.335 e. The molecule has 1 aliphatic rings. The Labute approximate surface area is 141 Å². The first kappa shape index (κ1) is 18.0. The Hall–Kier alpha value is -2.37. The highest BCUT2D eigenvalue weighted by molar-refractivity contribution is 5.89. The van der Waals surface area contributed by atoms with E-state index in [9.17, 15) is 14.4 Å². The summed E-state index contributed by atoms with van der Waals surface area (Å²) in [5, 5.41) is 9.02. The number of nitrogens with zero attached hydrogens (tertiary/aromatic N) is 1. The zero-order valence-corrected chi connectivity index (χ0v) is 14.2. The molecule has 1 aliphatic heterocycles. The van der Waals surface area contributed by atoms with Gasteiger partial charge in [-0.1, -0.05) is 12.1 Å². The van der Waals surface area contributed by atoms with E-state index in [4.69, 9.17) is 9.84 Å². The lowest BCUT2D eigenvalue weighted by Gasteiger charge is -2.27. The Bertz CT molecular complexity index is 647. The second-order valence-corrected chi connectivity index (χ2v) is 6.96. The summed E-state index contributed by atoms with van der Waals surface area (Å²) in [7, 11) is 0. The molecule has 0 radical (unpaired) electrons. The summed E-state index contributed by atoms with van der Waals surface area (Å²) in [5.74, 6) is -1.60. The van der Waals surface area contributed by atoms with Gasteiger partial charge in [-0.3, -0.25) is 4.79 Å². The maximum absolute atomic E-state index is 12.5. The SMILES string of the molecule is CC(C)(C)OC(=O)[C@@H]1CCCN1C(=O)Cc1cccc(C(=O)O)c1. The monoisotopic (exact) mass is 333 g/mol. The molecule has 1 aromatic rings. The van der Waals surface area contributed by atoms with Crippen LogP contribution in [0.2, 0.25) is 0 Å². The molecular weight excluding hydrogens is 310 g/mol. The van der Waals surface area contributed by atoms with Gasteiger partial charge in [-0.05, 0) is 51.3 Å². The van der Waals surface area contributed by atoms with Crippen molar-refractivity contribution in [3.63, 3.8) is 0 Å². The van der Waals surface area contributed by atoms with Gasteiger partial charge in [-0.15, -0.1) is 0 Å². The highest BCUT2D eigenvalue weighted by Crippen LogP contribution is 2.22. The molecule has 2 rings (SSSR count). The second kappa shape index (κ2) is 7.03. The number of benzene rings is 1. The molecule has 6 nitrogen and oxygen atoms in total. The van der Waals surface area contributed by atoms with Crippen LogP contribution in [0.15, 0.2) is 24.3 Å². The Morgan fingerprint density at radius 2 is 2.00 bits per heavy atom. The minimum Gasteiger partial charge on any atom is -0.478 e. The van der Waals surface area contributed by atoms with Gasteiger partial charge in [-0.25, -0.2) is 9.59 Å². The Balaban J connectivity index is 2.07. The van der Waals surface area contributed by atoms with E-state index in [2.05, 4.69) is 0 Å². The maximum atomic E-state index is 12.5. The van der Waals surface area contributed by atoms with Crippen molar-refractivity contribution in [2.45, 2.75) is 51.7 Å². The predicted octanol–water partition coefficient (Wildman–Crippen LogP) is 2.26. The number of likely N-dealkylation sites (tertiary alicyclic amines) is 1. The number of carboxylic acids is 1. The lowest BCUT2D eigenvalue weighted by molar-refractivity contribution is -0.163. The minimum atomic E-state index is -1.03. The number of esters is 1. The lowest BCUT2D eigenvalue weighted by atomic mass is 10.1. The molecule has 0 aromatic heterocycles. The molecule has 0 spiro atoms. The van der Waals surface area contributed by atoms with Crippen molar-refractivity contribution >= 4 is 17.8 Å². The van der Waals surface area contributed by atoms with E-state index in [0.717, 1.165) is 6.42 Å². The third-order valence-electron chi connectivity index (χ3n) is 3.78. The van der Waals surface area contributed by atoms with Crippen molar-refractivity contribution in [1.82, 2.24) is 4.90 Å². The minimum absolute atomic E-state index is 0.0699. The summed E-state index contributed by atoms with van der Waals surface area (Å²) < 4.78 is 5.39. The molecule has 1 heterocycles. The Kier molecular flexibility index (Phi) is 5.26. The Morgan fingerprint density at radius 3 is 2.62 bits per heavy atom. The number of hydrogen-bond donors (Lipinski definition) is 1. The number of rotatable bonds is 4. The van der Waals surface area contributed by atoms with E-state index in [-0.39, 0.29) is 23.9 Å². The standard InChI is InChI=1S/C18H23NO5/c1-18(2,3)24-17(23)14-8-5-9-19(14)15(20)11-12-6-4-7-13(10-12)16(21)22/h4,6-7,10,14H,5,8-9,11H2,1-3H3,(H,21,22)/t14-/m0/s1. The summed E-state index contributed by atoms with van der Waals surface area (Å²) in [6.45, 7) is 5.90. The predicted molar refractivity (Wildman–Crippen MR) is 87.7 cm³/mol. The van der Waals surface area contributed by atoms with Gasteiger partial charge in [0.2, 0.25) is 5.91 Å². The molecule has 1 fully saturated rings. The van der Waals surface area contributed by atoms with Crippen LogP contribution < -0.4 is 0 Å². The Morgan fingerprint density at radius 1 is 1.29 bits per heavy atom. The molecule has 0 unspecified atom stereocenters. The van der Waals surface area contributed by atoms with Crippen LogP contribution in [0.25, 0.3) is 0 Å². The van der Waals surface area contributed by atoms with Gasteiger partial charge >= 0.3 is 11.9 Å². The fraction of sp³-hybridized carbons (Fsp3) is 0.500.